The fourth-order valence-electron chi connectivity index (χ4n) is 3.07. The smallest absolute Gasteiger partial charge is 0.307 e. The summed E-state index contributed by atoms with van der Waals surface area (Å²) < 4.78 is 11.1. The highest BCUT2D eigenvalue weighted by Crippen LogP contribution is 2.29. The van der Waals surface area contributed by atoms with E-state index < -0.39 is 11.9 Å². The lowest BCUT2D eigenvalue weighted by Crippen LogP contribution is -2.17. The lowest BCUT2D eigenvalue weighted by Gasteiger charge is -2.16. The highest BCUT2D eigenvalue weighted by molar-refractivity contribution is 5.88. The van der Waals surface area contributed by atoms with Crippen LogP contribution in [0, 0.1) is 6.92 Å². The normalized spacial score (nSPS) is 15.8. The number of carbonyl (C=O) groups is 1. The van der Waals surface area contributed by atoms with Crippen molar-refractivity contribution in [2.45, 2.75) is 40.5 Å². The molecule has 0 aliphatic heterocycles. The van der Waals surface area contributed by atoms with Gasteiger partial charge in [-0.05, 0) is 37.1 Å². The van der Waals surface area contributed by atoms with Gasteiger partial charge in [-0.1, -0.05) is 56.4 Å². The number of hydrogen-bond donors (Lipinski definition) is 0. The van der Waals surface area contributed by atoms with Crippen molar-refractivity contribution in [2.75, 3.05) is 0 Å². The number of fused-ring (bicyclic) bond motifs is 1. The van der Waals surface area contributed by atoms with Crippen LogP contribution >= 0.6 is 0 Å². The minimum absolute atomic E-state index is 0.127. The minimum atomic E-state index is -0.492. The highest BCUT2D eigenvalue weighted by atomic mass is 16.5. The predicted octanol–water partition coefficient (Wildman–Crippen LogP) is 5.82. The molecule has 4 heteroatoms. The van der Waals surface area contributed by atoms with Gasteiger partial charge >= 0.3 is 5.97 Å². The molecular weight excluding hydrogens is 352 g/mol. The minimum Gasteiger partial charge on any atom is -0.464 e. The summed E-state index contributed by atoms with van der Waals surface area (Å²) in [4.78, 5) is 24.8. The Morgan fingerprint density at radius 1 is 1.18 bits per heavy atom. The van der Waals surface area contributed by atoms with Gasteiger partial charge in [-0.3, -0.25) is 9.59 Å². The maximum atomic E-state index is 13.3. The number of rotatable bonds is 3. The lowest BCUT2D eigenvalue weighted by atomic mass is 9.94. The number of ether oxygens (including phenoxy) is 1. The summed E-state index contributed by atoms with van der Waals surface area (Å²) in [6, 6.07) is 3.73. The van der Waals surface area contributed by atoms with E-state index in [9.17, 15) is 9.59 Å². The van der Waals surface area contributed by atoms with Crippen LogP contribution in [0.15, 0.2) is 69.8 Å². The molecule has 0 amide bonds. The van der Waals surface area contributed by atoms with Gasteiger partial charge in [-0.15, -0.1) is 0 Å². The zero-order valence-corrected chi connectivity index (χ0v) is 17.0. The number of carbonyl (C=O) groups excluding carboxylic acids is 1. The Balaban J connectivity index is 0.00000136. The first-order chi connectivity index (χ1) is 13.5. The van der Waals surface area contributed by atoms with Gasteiger partial charge in [0.25, 0.3) is 0 Å². The summed E-state index contributed by atoms with van der Waals surface area (Å²) in [6.45, 7) is 9.21. The molecule has 0 N–H and O–H groups in total. The van der Waals surface area contributed by atoms with Crippen molar-refractivity contribution in [3.63, 3.8) is 0 Å². The van der Waals surface area contributed by atoms with Crippen molar-refractivity contribution in [1.82, 2.24) is 0 Å². The van der Waals surface area contributed by atoms with Gasteiger partial charge in [-0.25, -0.2) is 0 Å². The van der Waals surface area contributed by atoms with E-state index >= 15 is 0 Å². The first-order valence-corrected chi connectivity index (χ1v) is 9.44. The van der Waals surface area contributed by atoms with E-state index in [0.29, 0.717) is 22.3 Å². The maximum Gasteiger partial charge on any atom is 0.307 e. The van der Waals surface area contributed by atoms with Gasteiger partial charge in [0, 0.05) is 12.5 Å². The van der Waals surface area contributed by atoms with E-state index in [4.69, 9.17) is 9.15 Å². The van der Waals surface area contributed by atoms with E-state index in [1.165, 1.54) is 13.2 Å². The zero-order chi connectivity index (χ0) is 20.7. The molecule has 1 unspecified atom stereocenters. The number of allylic oxidation sites excluding steroid dienone is 6. The summed E-state index contributed by atoms with van der Waals surface area (Å²) in [6.07, 6.45) is 14.2. The van der Waals surface area contributed by atoms with Crippen LogP contribution in [0.3, 0.4) is 0 Å². The highest BCUT2D eigenvalue weighted by Gasteiger charge is 2.23. The Morgan fingerprint density at radius 3 is 2.61 bits per heavy atom. The molecule has 4 nitrogen and oxygen atoms in total. The summed E-state index contributed by atoms with van der Waals surface area (Å²) in [7, 11) is 0. The molecule has 1 aromatic heterocycles. The first-order valence-electron chi connectivity index (χ1n) is 9.44. The van der Waals surface area contributed by atoms with Crippen LogP contribution in [0.2, 0.25) is 0 Å². The van der Waals surface area contributed by atoms with Crippen molar-refractivity contribution in [2.24, 2.45) is 0 Å². The maximum absolute atomic E-state index is 13.3. The fourth-order valence-corrected chi connectivity index (χ4v) is 3.07. The van der Waals surface area contributed by atoms with Gasteiger partial charge in [-0.2, -0.15) is 0 Å². The molecule has 1 aliphatic carbocycles. The second-order valence-corrected chi connectivity index (χ2v) is 6.10. The second kappa shape index (κ2) is 9.70. The van der Waals surface area contributed by atoms with E-state index in [-0.39, 0.29) is 5.43 Å². The van der Waals surface area contributed by atoms with Gasteiger partial charge in [0.2, 0.25) is 0 Å². The standard InChI is InChI=1S/C22H20O4.C2H6/c1-4-8-16-14(2)11-12-20-21(16)22(24)18(13-25-20)17-9-6-5-7-10-19(17)26-15(3)23;1-2/h4-13,17H,1-3H3;1-2H3/b8-4-;. The van der Waals surface area contributed by atoms with Crippen LogP contribution in [0.5, 0.6) is 0 Å². The molecule has 28 heavy (non-hydrogen) atoms. The van der Waals surface area contributed by atoms with Crippen molar-refractivity contribution < 1.29 is 13.9 Å². The topological polar surface area (TPSA) is 56.5 Å². The molecule has 1 atom stereocenters. The van der Waals surface area contributed by atoms with Crippen LogP contribution in [-0.4, -0.2) is 5.97 Å². The van der Waals surface area contributed by atoms with Gasteiger partial charge in [0.05, 0.1) is 17.6 Å². The van der Waals surface area contributed by atoms with Crippen LogP contribution < -0.4 is 5.43 Å². The molecule has 1 aliphatic rings. The molecule has 0 saturated carbocycles. The largest absolute Gasteiger partial charge is 0.464 e. The van der Waals surface area contributed by atoms with Gasteiger partial charge in [0.1, 0.15) is 11.3 Å². The Morgan fingerprint density at radius 2 is 1.93 bits per heavy atom. The molecular formula is C24H26O4. The molecule has 0 radical (unpaired) electrons. The van der Waals surface area contributed by atoms with Crippen molar-refractivity contribution in [3.8, 4) is 0 Å². The molecule has 0 bridgehead atoms. The van der Waals surface area contributed by atoms with Crippen molar-refractivity contribution in [1.29, 1.82) is 0 Å². The van der Waals surface area contributed by atoms with Crippen LogP contribution in [0.25, 0.3) is 17.0 Å². The predicted molar refractivity (Wildman–Crippen MR) is 114 cm³/mol. The molecule has 0 fully saturated rings. The number of benzene rings is 1. The third-order valence-electron chi connectivity index (χ3n) is 4.25. The third-order valence-corrected chi connectivity index (χ3v) is 4.25. The Labute approximate surface area is 165 Å². The monoisotopic (exact) mass is 378 g/mol. The summed E-state index contributed by atoms with van der Waals surface area (Å²) in [5.41, 5.74) is 2.67. The molecule has 146 valence electrons. The molecule has 3 rings (SSSR count). The number of esters is 1. The summed E-state index contributed by atoms with van der Waals surface area (Å²) in [5, 5.41) is 0.536. The average molecular weight is 378 g/mol. The van der Waals surface area contributed by atoms with Crippen molar-refractivity contribution in [3.05, 3.63) is 87.5 Å². The summed E-state index contributed by atoms with van der Waals surface area (Å²) in [5.74, 6) is -0.525. The van der Waals surface area contributed by atoms with E-state index in [2.05, 4.69) is 0 Å². The molecule has 0 saturated heterocycles. The Bertz CT molecular complexity index is 1030. The van der Waals surface area contributed by atoms with E-state index in [1.807, 2.05) is 64.1 Å². The van der Waals surface area contributed by atoms with Crippen LogP contribution in [0.1, 0.15) is 50.3 Å². The zero-order valence-electron chi connectivity index (χ0n) is 17.0. The number of aryl methyl sites for hydroxylation is 1. The third kappa shape index (κ3) is 4.39. The second-order valence-electron chi connectivity index (χ2n) is 6.10. The SMILES string of the molecule is C/C=C\c1c(C)ccc2occ(C3C=CC=CC=C3OC(C)=O)c(=O)c12.CC. The van der Waals surface area contributed by atoms with Gasteiger partial charge < -0.3 is 9.15 Å². The lowest BCUT2D eigenvalue weighted by molar-refractivity contribution is -0.137. The van der Waals surface area contributed by atoms with Gasteiger partial charge in [0.15, 0.2) is 5.43 Å². The average Bonchev–Trinajstić information content (AvgIpc) is 2.91. The molecule has 0 spiro atoms. The Kier molecular flexibility index (Phi) is 7.33. The quantitative estimate of drug-likeness (QED) is 0.632. The molecule has 1 aromatic carbocycles. The molecule has 1 heterocycles. The number of hydrogen-bond acceptors (Lipinski definition) is 4. The Hall–Kier alpha value is -3.14. The summed E-state index contributed by atoms with van der Waals surface area (Å²) >= 11 is 0. The molecule has 2 aromatic rings. The van der Waals surface area contributed by atoms with Crippen molar-refractivity contribution >= 4 is 23.0 Å². The van der Waals surface area contributed by atoms with E-state index in [0.717, 1.165) is 11.1 Å². The fraction of sp³-hybridized carbons (Fsp3) is 0.250. The van der Waals surface area contributed by atoms with Crippen LogP contribution in [-0.2, 0) is 9.53 Å². The first kappa shape index (κ1) is 21.2. The van der Waals surface area contributed by atoms with Crippen LogP contribution in [0.4, 0.5) is 0 Å². The van der Waals surface area contributed by atoms with E-state index in [1.54, 1.807) is 18.2 Å².